The zero-order valence-electron chi connectivity index (χ0n) is 14.1. The van der Waals surface area contributed by atoms with Crippen LogP contribution in [0.3, 0.4) is 0 Å². The van der Waals surface area contributed by atoms with Crippen molar-refractivity contribution in [3.05, 3.63) is 33.9 Å². The third kappa shape index (κ3) is 3.71. The Morgan fingerprint density at radius 3 is 2.72 bits per heavy atom. The summed E-state index contributed by atoms with van der Waals surface area (Å²) >= 11 is 0. The predicted molar refractivity (Wildman–Crippen MR) is 86.7 cm³/mol. The lowest BCUT2D eigenvalue weighted by Crippen LogP contribution is -2.40. The van der Waals surface area contributed by atoms with Crippen molar-refractivity contribution >= 4 is 17.6 Å². The Bertz CT molecular complexity index is 691. The Morgan fingerprint density at radius 2 is 2.16 bits per heavy atom. The molecule has 1 unspecified atom stereocenters. The molecule has 1 aromatic rings. The van der Waals surface area contributed by atoms with E-state index in [1.165, 1.54) is 24.1 Å². The Hall–Kier alpha value is -2.68. The zero-order valence-corrected chi connectivity index (χ0v) is 14.1. The summed E-state index contributed by atoms with van der Waals surface area (Å²) in [5, 5.41) is 20.6. The van der Waals surface area contributed by atoms with Gasteiger partial charge in [0.05, 0.1) is 18.1 Å². The number of ether oxygens (including phenoxy) is 2. The fourth-order valence-corrected chi connectivity index (χ4v) is 2.93. The van der Waals surface area contributed by atoms with Crippen molar-refractivity contribution in [2.45, 2.75) is 13.3 Å². The molecule has 1 N–H and O–H groups in total. The molecule has 25 heavy (non-hydrogen) atoms. The molecule has 0 aliphatic carbocycles. The molecular formula is C16H20N2O7. The van der Waals surface area contributed by atoms with Crippen molar-refractivity contribution in [2.24, 2.45) is 5.41 Å². The average molecular weight is 352 g/mol. The largest absolute Gasteiger partial charge is 0.487 e. The first-order valence-electron chi connectivity index (χ1n) is 7.77. The maximum atomic E-state index is 12.6. The van der Waals surface area contributed by atoms with Crippen LogP contribution >= 0.6 is 0 Å². The van der Waals surface area contributed by atoms with Crippen LogP contribution in [-0.2, 0) is 9.53 Å². The summed E-state index contributed by atoms with van der Waals surface area (Å²) in [6, 6.07) is 3.98. The summed E-state index contributed by atoms with van der Waals surface area (Å²) in [6.45, 7) is 2.20. The number of benzene rings is 1. The number of rotatable bonds is 7. The van der Waals surface area contributed by atoms with Gasteiger partial charge >= 0.3 is 11.7 Å². The molecule has 1 atom stereocenters. The van der Waals surface area contributed by atoms with Crippen LogP contribution in [0.5, 0.6) is 5.75 Å². The molecule has 1 aliphatic heterocycles. The molecule has 0 bridgehead atoms. The molecule has 0 radical (unpaired) electrons. The zero-order chi connectivity index (χ0) is 18.6. The van der Waals surface area contributed by atoms with Crippen LogP contribution in [0.1, 0.15) is 23.7 Å². The smallest absolute Gasteiger partial charge is 0.313 e. The minimum Gasteiger partial charge on any atom is -0.487 e. The number of nitrogens with zero attached hydrogens (tertiary/aromatic N) is 2. The number of nitro benzene ring substituents is 1. The number of carbonyl (C=O) groups is 2. The lowest BCUT2D eigenvalue weighted by atomic mass is 9.88. The van der Waals surface area contributed by atoms with Crippen LogP contribution in [0.2, 0.25) is 0 Å². The summed E-state index contributed by atoms with van der Waals surface area (Å²) in [6.07, 6.45) is 0.265. The summed E-state index contributed by atoms with van der Waals surface area (Å²) in [4.78, 5) is 36.1. The molecule has 0 spiro atoms. The van der Waals surface area contributed by atoms with E-state index in [0.29, 0.717) is 0 Å². The summed E-state index contributed by atoms with van der Waals surface area (Å²) in [5.74, 6) is -1.39. The number of likely N-dealkylation sites (tertiary alicyclic amines) is 1. The Kier molecular flexibility index (Phi) is 5.58. The highest BCUT2D eigenvalue weighted by atomic mass is 16.6. The Balaban J connectivity index is 2.25. The van der Waals surface area contributed by atoms with E-state index in [4.69, 9.17) is 9.47 Å². The Morgan fingerprint density at radius 1 is 1.44 bits per heavy atom. The van der Waals surface area contributed by atoms with Gasteiger partial charge in [0.15, 0.2) is 5.75 Å². The van der Waals surface area contributed by atoms with Crippen molar-refractivity contribution in [2.75, 3.05) is 33.4 Å². The SMILES string of the molecule is CCOc1ccc(C(=O)N2CCC(COC)(C(=O)O)C2)cc1[N+](=O)[O-]. The van der Waals surface area contributed by atoms with Crippen LogP contribution in [0.4, 0.5) is 5.69 Å². The van der Waals surface area contributed by atoms with Gasteiger partial charge in [0, 0.05) is 31.8 Å². The molecule has 1 saturated heterocycles. The fourth-order valence-electron chi connectivity index (χ4n) is 2.93. The van der Waals surface area contributed by atoms with Gasteiger partial charge in [-0.25, -0.2) is 0 Å². The van der Waals surface area contributed by atoms with Gasteiger partial charge in [-0.15, -0.1) is 0 Å². The van der Waals surface area contributed by atoms with Crippen LogP contribution in [0.15, 0.2) is 18.2 Å². The first kappa shape index (κ1) is 18.7. The molecule has 1 aromatic carbocycles. The summed E-state index contributed by atoms with van der Waals surface area (Å²) in [5.41, 5.74) is -1.33. The van der Waals surface area contributed by atoms with Crippen LogP contribution < -0.4 is 4.74 Å². The van der Waals surface area contributed by atoms with E-state index in [-0.39, 0.29) is 49.7 Å². The van der Waals surface area contributed by atoms with Gasteiger partial charge in [-0.1, -0.05) is 0 Å². The molecule has 0 saturated carbocycles. The van der Waals surface area contributed by atoms with Crippen molar-refractivity contribution < 1.29 is 29.1 Å². The number of carbonyl (C=O) groups excluding carboxylic acids is 1. The summed E-state index contributed by atoms with van der Waals surface area (Å²) < 4.78 is 10.2. The van der Waals surface area contributed by atoms with Crippen LogP contribution in [0, 0.1) is 15.5 Å². The highest BCUT2D eigenvalue weighted by Crippen LogP contribution is 2.33. The lowest BCUT2D eigenvalue weighted by Gasteiger charge is -2.23. The van der Waals surface area contributed by atoms with E-state index in [1.54, 1.807) is 6.92 Å². The van der Waals surface area contributed by atoms with Crippen molar-refractivity contribution in [3.8, 4) is 5.75 Å². The Labute approximate surface area is 144 Å². The number of amides is 1. The van der Waals surface area contributed by atoms with Gasteiger partial charge in [-0.2, -0.15) is 0 Å². The number of hydrogen-bond acceptors (Lipinski definition) is 6. The number of carboxylic acids is 1. The third-order valence-corrected chi connectivity index (χ3v) is 4.22. The topological polar surface area (TPSA) is 119 Å². The van der Waals surface area contributed by atoms with Gasteiger partial charge in [0.25, 0.3) is 5.91 Å². The normalized spacial score (nSPS) is 19.7. The minimum atomic E-state index is -1.15. The number of methoxy groups -OCH3 is 1. The van der Waals surface area contributed by atoms with Crippen LogP contribution in [-0.4, -0.2) is 60.2 Å². The number of aliphatic carboxylic acids is 1. The molecule has 1 heterocycles. The van der Waals surface area contributed by atoms with Crippen molar-refractivity contribution in [1.29, 1.82) is 0 Å². The monoisotopic (exact) mass is 352 g/mol. The van der Waals surface area contributed by atoms with E-state index in [9.17, 15) is 24.8 Å². The molecule has 9 nitrogen and oxygen atoms in total. The van der Waals surface area contributed by atoms with Gasteiger partial charge in [-0.3, -0.25) is 19.7 Å². The maximum absolute atomic E-state index is 12.6. The van der Waals surface area contributed by atoms with E-state index in [0.717, 1.165) is 6.07 Å². The second kappa shape index (κ2) is 7.47. The first-order chi connectivity index (χ1) is 11.8. The number of nitro groups is 1. The van der Waals surface area contributed by atoms with Crippen molar-refractivity contribution in [1.82, 2.24) is 4.90 Å². The number of hydrogen-bond donors (Lipinski definition) is 1. The molecule has 2 rings (SSSR count). The van der Waals surface area contributed by atoms with E-state index >= 15 is 0 Å². The van der Waals surface area contributed by atoms with Gasteiger partial charge < -0.3 is 19.5 Å². The second-order valence-corrected chi connectivity index (χ2v) is 5.87. The van der Waals surface area contributed by atoms with E-state index < -0.39 is 22.2 Å². The minimum absolute atomic E-state index is 0.00395. The highest BCUT2D eigenvalue weighted by molar-refractivity contribution is 5.96. The highest BCUT2D eigenvalue weighted by Gasteiger charge is 2.46. The van der Waals surface area contributed by atoms with E-state index in [1.807, 2.05) is 0 Å². The molecule has 1 amide bonds. The quantitative estimate of drug-likeness (QED) is 0.584. The molecule has 1 fully saturated rings. The molecule has 136 valence electrons. The molecular weight excluding hydrogens is 332 g/mol. The maximum Gasteiger partial charge on any atom is 0.313 e. The average Bonchev–Trinajstić information content (AvgIpc) is 3.00. The van der Waals surface area contributed by atoms with Gasteiger partial charge in [-0.05, 0) is 25.5 Å². The third-order valence-electron chi connectivity index (χ3n) is 4.22. The summed E-state index contributed by atoms with van der Waals surface area (Å²) in [7, 11) is 1.41. The first-order valence-corrected chi connectivity index (χ1v) is 7.77. The second-order valence-electron chi connectivity index (χ2n) is 5.87. The fraction of sp³-hybridized carbons (Fsp3) is 0.500. The molecule has 1 aliphatic rings. The predicted octanol–water partition coefficient (Wildman–Crippen LogP) is 1.56. The van der Waals surface area contributed by atoms with E-state index in [2.05, 4.69) is 0 Å². The lowest BCUT2D eigenvalue weighted by molar-refractivity contribution is -0.385. The number of carboxylic acid groups (broad SMARTS) is 1. The van der Waals surface area contributed by atoms with Crippen molar-refractivity contribution in [3.63, 3.8) is 0 Å². The van der Waals surface area contributed by atoms with Crippen LogP contribution in [0.25, 0.3) is 0 Å². The van der Waals surface area contributed by atoms with Gasteiger partial charge in [0.2, 0.25) is 0 Å². The van der Waals surface area contributed by atoms with Gasteiger partial charge in [0.1, 0.15) is 5.41 Å². The molecule has 9 heteroatoms. The molecule has 0 aromatic heterocycles. The standard InChI is InChI=1S/C16H20N2O7/c1-3-25-13-5-4-11(8-12(13)18(22)23)14(19)17-7-6-16(9-17,10-24-2)15(20)21/h4-5,8H,3,6-7,9-10H2,1-2H3,(H,20,21).